The molecule has 0 spiro atoms. The molecule has 3 aromatic carbocycles. The minimum Gasteiger partial charge on any atom is -0.351 e. The van der Waals surface area contributed by atoms with Gasteiger partial charge in [-0.3, -0.25) is 19.2 Å². The van der Waals surface area contributed by atoms with E-state index in [2.05, 4.69) is 21.3 Å². The average molecular weight is 543 g/mol. The maximum Gasteiger partial charge on any atom is 0.246 e. The van der Waals surface area contributed by atoms with Crippen molar-refractivity contribution in [2.75, 3.05) is 5.32 Å². The van der Waals surface area contributed by atoms with Gasteiger partial charge in [-0.1, -0.05) is 66.7 Å². The summed E-state index contributed by atoms with van der Waals surface area (Å²) in [7, 11) is 0. The Morgan fingerprint density at radius 2 is 1.57 bits per heavy atom. The van der Waals surface area contributed by atoms with Crippen LogP contribution in [0.3, 0.4) is 0 Å². The molecule has 4 N–H and O–H groups in total. The molecule has 0 unspecified atom stereocenters. The van der Waals surface area contributed by atoms with Gasteiger partial charge in [-0.2, -0.15) is 0 Å². The van der Waals surface area contributed by atoms with Gasteiger partial charge in [0.1, 0.15) is 5.54 Å². The van der Waals surface area contributed by atoms with Crippen LogP contribution in [0.4, 0.5) is 5.69 Å². The lowest BCUT2D eigenvalue weighted by molar-refractivity contribution is -0.133. The van der Waals surface area contributed by atoms with Crippen molar-refractivity contribution in [3.63, 3.8) is 0 Å². The SMILES string of the molecule is C[C@@H](CC(=O)Nc1cccc2ccccc12)NC(=O)[C@@]1(NC(=O)CCc2ccccc2)C[C@H]1C(=O)NC(C)(C)C. The fourth-order valence-electron chi connectivity index (χ4n) is 4.91. The van der Waals surface area contributed by atoms with Crippen LogP contribution in [0.15, 0.2) is 72.8 Å². The molecule has 0 bridgehead atoms. The van der Waals surface area contributed by atoms with Crippen molar-refractivity contribution in [3.05, 3.63) is 78.4 Å². The molecular formula is C32H38N4O4. The number of carbonyl (C=O) groups is 4. The van der Waals surface area contributed by atoms with Gasteiger partial charge in [-0.05, 0) is 57.6 Å². The van der Waals surface area contributed by atoms with Gasteiger partial charge in [0.15, 0.2) is 0 Å². The second-order valence-corrected chi connectivity index (χ2v) is 11.7. The van der Waals surface area contributed by atoms with E-state index < -0.39 is 28.9 Å². The van der Waals surface area contributed by atoms with Crippen LogP contribution in [0.2, 0.25) is 0 Å². The van der Waals surface area contributed by atoms with Crippen LogP contribution in [0.1, 0.15) is 52.5 Å². The highest BCUT2D eigenvalue weighted by atomic mass is 16.2. The third kappa shape index (κ3) is 7.25. The molecule has 0 saturated heterocycles. The second kappa shape index (κ2) is 11.9. The third-order valence-electron chi connectivity index (χ3n) is 6.96. The third-order valence-corrected chi connectivity index (χ3v) is 6.96. The molecule has 40 heavy (non-hydrogen) atoms. The Balaban J connectivity index is 1.40. The number of nitrogens with one attached hydrogen (secondary N) is 4. The monoisotopic (exact) mass is 542 g/mol. The van der Waals surface area contributed by atoms with Gasteiger partial charge < -0.3 is 21.3 Å². The molecule has 3 atom stereocenters. The number of hydrogen-bond donors (Lipinski definition) is 4. The normalized spacial score (nSPS) is 18.9. The van der Waals surface area contributed by atoms with Crippen LogP contribution < -0.4 is 21.3 Å². The molecule has 1 saturated carbocycles. The number of aryl methyl sites for hydroxylation is 1. The van der Waals surface area contributed by atoms with Crippen molar-refractivity contribution >= 4 is 40.1 Å². The van der Waals surface area contributed by atoms with Gasteiger partial charge in [0, 0.05) is 35.5 Å². The van der Waals surface area contributed by atoms with E-state index in [1.54, 1.807) is 6.92 Å². The Bertz CT molecular complexity index is 1390. The van der Waals surface area contributed by atoms with Crippen LogP contribution in [-0.4, -0.2) is 40.7 Å². The Kier molecular flexibility index (Phi) is 8.57. The molecule has 8 heteroatoms. The zero-order chi connectivity index (χ0) is 28.9. The van der Waals surface area contributed by atoms with E-state index >= 15 is 0 Å². The van der Waals surface area contributed by atoms with Crippen molar-refractivity contribution in [1.29, 1.82) is 0 Å². The lowest BCUT2D eigenvalue weighted by atomic mass is 10.1. The molecular weight excluding hydrogens is 504 g/mol. The van der Waals surface area contributed by atoms with Gasteiger partial charge in [0.05, 0.1) is 5.92 Å². The van der Waals surface area contributed by atoms with Crippen LogP contribution in [0.5, 0.6) is 0 Å². The number of rotatable bonds is 10. The Hall–Kier alpha value is -4.20. The number of benzene rings is 3. The summed E-state index contributed by atoms with van der Waals surface area (Å²) in [6.45, 7) is 7.33. The summed E-state index contributed by atoms with van der Waals surface area (Å²) < 4.78 is 0. The number of carbonyl (C=O) groups excluding carboxylic acids is 4. The van der Waals surface area contributed by atoms with Crippen molar-refractivity contribution in [2.45, 2.75) is 70.5 Å². The molecule has 0 aliphatic heterocycles. The molecule has 4 rings (SSSR count). The minimum atomic E-state index is -1.34. The van der Waals surface area contributed by atoms with Crippen LogP contribution in [-0.2, 0) is 25.6 Å². The number of fused-ring (bicyclic) bond motifs is 1. The largest absolute Gasteiger partial charge is 0.351 e. The van der Waals surface area contributed by atoms with E-state index in [4.69, 9.17) is 0 Å². The molecule has 1 aliphatic carbocycles. The van der Waals surface area contributed by atoms with Gasteiger partial charge in [-0.25, -0.2) is 0 Å². The molecule has 4 amide bonds. The smallest absolute Gasteiger partial charge is 0.246 e. The molecule has 0 radical (unpaired) electrons. The Labute approximate surface area is 235 Å². The average Bonchev–Trinajstić information content (AvgIpc) is 3.63. The topological polar surface area (TPSA) is 116 Å². The first-order valence-electron chi connectivity index (χ1n) is 13.7. The molecule has 8 nitrogen and oxygen atoms in total. The first kappa shape index (κ1) is 28.8. The van der Waals surface area contributed by atoms with Crippen molar-refractivity contribution in [2.24, 2.45) is 5.92 Å². The summed E-state index contributed by atoms with van der Waals surface area (Å²) in [6, 6.07) is 22.6. The van der Waals surface area contributed by atoms with E-state index in [-0.39, 0.29) is 37.0 Å². The van der Waals surface area contributed by atoms with Crippen molar-refractivity contribution < 1.29 is 19.2 Å². The summed E-state index contributed by atoms with van der Waals surface area (Å²) in [5.74, 6) is -1.98. The zero-order valence-electron chi connectivity index (χ0n) is 23.5. The fraction of sp³-hybridized carbons (Fsp3) is 0.375. The quantitative estimate of drug-likeness (QED) is 0.309. The predicted octanol–water partition coefficient (Wildman–Crippen LogP) is 4.10. The highest BCUT2D eigenvalue weighted by Crippen LogP contribution is 2.44. The lowest BCUT2D eigenvalue weighted by Gasteiger charge is -2.24. The number of anilines is 1. The van der Waals surface area contributed by atoms with Gasteiger partial charge in [-0.15, -0.1) is 0 Å². The maximum atomic E-state index is 13.5. The van der Waals surface area contributed by atoms with Gasteiger partial charge in [0.25, 0.3) is 0 Å². The van der Waals surface area contributed by atoms with Gasteiger partial charge >= 0.3 is 0 Å². The summed E-state index contributed by atoms with van der Waals surface area (Å²) in [5.41, 5.74) is -0.111. The highest BCUT2D eigenvalue weighted by Gasteiger charge is 2.65. The Morgan fingerprint density at radius 1 is 0.900 bits per heavy atom. The van der Waals surface area contributed by atoms with Crippen molar-refractivity contribution in [3.8, 4) is 0 Å². The van der Waals surface area contributed by atoms with Crippen LogP contribution >= 0.6 is 0 Å². The minimum absolute atomic E-state index is 0.0336. The Morgan fingerprint density at radius 3 is 2.30 bits per heavy atom. The van der Waals surface area contributed by atoms with Crippen LogP contribution in [0.25, 0.3) is 10.8 Å². The zero-order valence-corrected chi connectivity index (χ0v) is 23.5. The second-order valence-electron chi connectivity index (χ2n) is 11.7. The van der Waals surface area contributed by atoms with E-state index in [0.29, 0.717) is 12.1 Å². The first-order chi connectivity index (χ1) is 19.0. The maximum absolute atomic E-state index is 13.5. The van der Waals surface area contributed by atoms with Crippen molar-refractivity contribution in [1.82, 2.24) is 16.0 Å². The summed E-state index contributed by atoms with van der Waals surface area (Å²) >= 11 is 0. The molecule has 1 aliphatic rings. The molecule has 0 aromatic heterocycles. The van der Waals surface area contributed by atoms with E-state index in [0.717, 1.165) is 16.3 Å². The standard InChI is InChI=1S/C32H38N4O4/c1-21(19-28(38)34-26-16-10-14-23-13-8-9-15-24(23)26)33-30(40)32(20-25(32)29(39)36-31(2,3)4)35-27(37)18-17-22-11-6-5-7-12-22/h5-16,21,25H,17-20H2,1-4H3,(H,33,40)(H,34,38)(H,35,37)(H,36,39)/t21-,25-,32+/m0/s1. The van der Waals surface area contributed by atoms with Gasteiger partial charge in [0.2, 0.25) is 23.6 Å². The van der Waals surface area contributed by atoms with Crippen LogP contribution in [0, 0.1) is 5.92 Å². The van der Waals surface area contributed by atoms with E-state index in [1.807, 2.05) is 93.6 Å². The molecule has 210 valence electrons. The summed E-state index contributed by atoms with van der Waals surface area (Å²) in [4.78, 5) is 52.2. The lowest BCUT2D eigenvalue weighted by Crippen LogP contribution is -2.55. The first-order valence-corrected chi connectivity index (χ1v) is 13.7. The molecule has 1 fully saturated rings. The van der Waals surface area contributed by atoms with E-state index in [1.165, 1.54) is 0 Å². The summed E-state index contributed by atoms with van der Waals surface area (Å²) in [6.07, 6.45) is 0.947. The molecule has 3 aromatic rings. The predicted molar refractivity (Wildman–Crippen MR) is 156 cm³/mol. The fourth-order valence-corrected chi connectivity index (χ4v) is 4.91. The van der Waals surface area contributed by atoms with E-state index in [9.17, 15) is 19.2 Å². The number of amides is 4. The summed E-state index contributed by atoms with van der Waals surface area (Å²) in [5, 5.41) is 13.5. The number of hydrogen-bond acceptors (Lipinski definition) is 4. The highest BCUT2D eigenvalue weighted by molar-refractivity contribution is 6.04. The molecule has 0 heterocycles.